The largest absolute Gasteiger partial charge is 0.431 e. The molecule has 3 aromatic rings. The number of H-pyrrole nitrogens is 1. The summed E-state index contributed by atoms with van der Waals surface area (Å²) in [6.45, 7) is 0. The number of hydrogen-bond acceptors (Lipinski definition) is 0. The van der Waals surface area contributed by atoms with Gasteiger partial charge in [0, 0.05) is 21.5 Å². The summed E-state index contributed by atoms with van der Waals surface area (Å²) in [6.07, 6.45) is -4.45. The Kier molecular flexibility index (Phi) is 2.98. The molecule has 20 heavy (non-hydrogen) atoms. The molecule has 0 unspecified atom stereocenters. The summed E-state index contributed by atoms with van der Waals surface area (Å²) in [5.41, 5.74) is 0.286. The van der Waals surface area contributed by atoms with E-state index in [0.29, 0.717) is 21.5 Å². The maximum atomic E-state index is 13.2. The molecule has 2 aromatic carbocycles. The maximum Gasteiger partial charge on any atom is 0.431 e. The number of alkyl halides is 3. The third kappa shape index (κ3) is 2.16. The van der Waals surface area contributed by atoms with E-state index in [1.165, 1.54) is 6.07 Å². The lowest BCUT2D eigenvalue weighted by atomic mass is 10.0. The van der Waals surface area contributed by atoms with Crippen molar-refractivity contribution in [3.8, 4) is 11.1 Å². The molecule has 0 aliphatic heterocycles. The predicted molar refractivity (Wildman–Crippen MR) is 73.7 cm³/mol. The van der Waals surface area contributed by atoms with Gasteiger partial charge in [-0.3, -0.25) is 0 Å². The molecular weight excluding hydrogens is 287 g/mol. The smallest absolute Gasteiger partial charge is 0.350 e. The molecule has 1 aromatic heterocycles. The van der Waals surface area contributed by atoms with Crippen LogP contribution in [-0.4, -0.2) is 4.98 Å². The lowest BCUT2D eigenvalue weighted by molar-refractivity contribution is -0.140. The number of hydrogen-bond donors (Lipinski definition) is 1. The zero-order valence-electron chi connectivity index (χ0n) is 10.1. The van der Waals surface area contributed by atoms with Crippen molar-refractivity contribution in [3.63, 3.8) is 0 Å². The number of halogens is 4. The summed E-state index contributed by atoms with van der Waals surface area (Å²) in [4.78, 5) is 2.45. The zero-order valence-corrected chi connectivity index (χ0v) is 10.9. The van der Waals surface area contributed by atoms with Crippen molar-refractivity contribution in [1.82, 2.24) is 4.98 Å². The molecule has 0 spiro atoms. The van der Waals surface area contributed by atoms with Crippen molar-refractivity contribution in [2.75, 3.05) is 0 Å². The molecule has 1 heterocycles. The molecule has 0 aliphatic carbocycles. The van der Waals surface area contributed by atoms with Gasteiger partial charge in [0.05, 0.1) is 0 Å². The van der Waals surface area contributed by atoms with Gasteiger partial charge in [-0.2, -0.15) is 13.2 Å². The predicted octanol–water partition coefficient (Wildman–Crippen LogP) is 5.51. The summed E-state index contributed by atoms with van der Waals surface area (Å²) >= 11 is 5.89. The second-order valence-electron chi connectivity index (χ2n) is 4.43. The van der Waals surface area contributed by atoms with Crippen LogP contribution in [0.2, 0.25) is 5.02 Å². The van der Waals surface area contributed by atoms with Gasteiger partial charge in [0.1, 0.15) is 5.69 Å². The lowest BCUT2D eigenvalue weighted by Crippen LogP contribution is -2.07. The maximum absolute atomic E-state index is 13.2. The van der Waals surface area contributed by atoms with Gasteiger partial charge < -0.3 is 4.98 Å². The van der Waals surface area contributed by atoms with E-state index in [9.17, 15) is 13.2 Å². The summed E-state index contributed by atoms with van der Waals surface area (Å²) in [6, 6.07) is 13.1. The van der Waals surface area contributed by atoms with Gasteiger partial charge in [0.25, 0.3) is 0 Å². The van der Waals surface area contributed by atoms with E-state index in [1.807, 2.05) is 0 Å². The van der Waals surface area contributed by atoms with Gasteiger partial charge in [0.2, 0.25) is 0 Å². The molecule has 0 radical (unpaired) electrons. The van der Waals surface area contributed by atoms with Crippen LogP contribution in [0.3, 0.4) is 0 Å². The molecule has 0 saturated heterocycles. The number of nitrogens with one attached hydrogen (secondary N) is 1. The topological polar surface area (TPSA) is 15.8 Å². The Morgan fingerprint density at radius 2 is 1.70 bits per heavy atom. The molecule has 0 bridgehead atoms. The minimum atomic E-state index is -4.45. The molecule has 1 nitrogen and oxygen atoms in total. The van der Waals surface area contributed by atoms with E-state index >= 15 is 0 Å². The molecule has 0 fully saturated rings. The Labute approximate surface area is 118 Å². The van der Waals surface area contributed by atoms with E-state index < -0.39 is 11.9 Å². The first kappa shape index (κ1) is 13.1. The quantitative estimate of drug-likeness (QED) is 0.609. The zero-order chi connectivity index (χ0) is 14.3. The number of aromatic amines is 1. The Bertz CT molecular complexity index is 774. The number of aromatic nitrogens is 1. The minimum absolute atomic E-state index is 0.135. The normalized spacial score (nSPS) is 12.0. The molecule has 0 aliphatic rings. The van der Waals surface area contributed by atoms with Crippen LogP contribution in [0.5, 0.6) is 0 Å². The molecule has 5 heteroatoms. The van der Waals surface area contributed by atoms with E-state index in [1.54, 1.807) is 42.5 Å². The molecule has 102 valence electrons. The number of para-hydroxylation sites is 1. The molecule has 0 saturated carbocycles. The van der Waals surface area contributed by atoms with Crippen molar-refractivity contribution < 1.29 is 13.2 Å². The van der Waals surface area contributed by atoms with Gasteiger partial charge >= 0.3 is 6.18 Å². The summed E-state index contributed by atoms with van der Waals surface area (Å²) in [5.74, 6) is 0. The third-order valence-corrected chi connectivity index (χ3v) is 3.34. The first-order valence-electron chi connectivity index (χ1n) is 5.90. The molecule has 1 N–H and O–H groups in total. The van der Waals surface area contributed by atoms with Gasteiger partial charge in [-0.1, -0.05) is 41.9 Å². The Hall–Kier alpha value is -1.94. The summed E-state index contributed by atoms with van der Waals surface area (Å²) in [7, 11) is 0. The fourth-order valence-corrected chi connectivity index (χ4v) is 2.49. The first-order chi connectivity index (χ1) is 9.47. The Morgan fingerprint density at radius 1 is 0.950 bits per heavy atom. The monoisotopic (exact) mass is 295 g/mol. The van der Waals surface area contributed by atoms with Crippen LogP contribution in [-0.2, 0) is 6.18 Å². The molecule has 3 rings (SSSR count). The average Bonchev–Trinajstić information content (AvgIpc) is 2.78. The van der Waals surface area contributed by atoms with Crippen molar-refractivity contribution in [3.05, 3.63) is 59.2 Å². The number of rotatable bonds is 1. The highest BCUT2D eigenvalue weighted by Crippen LogP contribution is 2.41. The summed E-state index contributed by atoms with van der Waals surface area (Å²) < 4.78 is 39.6. The van der Waals surface area contributed by atoms with E-state index in [4.69, 9.17) is 11.6 Å². The fourth-order valence-electron chi connectivity index (χ4n) is 2.30. The summed E-state index contributed by atoms with van der Waals surface area (Å²) in [5, 5.41) is 0.933. The Morgan fingerprint density at radius 3 is 2.40 bits per heavy atom. The number of fused-ring (bicyclic) bond motifs is 1. The van der Waals surface area contributed by atoms with Gasteiger partial charge in [-0.05, 0) is 23.8 Å². The highest BCUT2D eigenvalue weighted by atomic mass is 35.5. The number of benzene rings is 2. The highest BCUT2D eigenvalue weighted by Gasteiger charge is 2.36. The molecule has 0 atom stereocenters. The standard InChI is InChI=1S/C15H9ClF3N/c16-10-5-3-4-9(8-10)13-11-6-1-2-7-12(11)20-14(13)15(17,18)19/h1-8,20H. The van der Waals surface area contributed by atoms with E-state index in [2.05, 4.69) is 4.98 Å². The van der Waals surface area contributed by atoms with Crippen molar-refractivity contribution >= 4 is 22.5 Å². The second-order valence-corrected chi connectivity index (χ2v) is 4.87. The van der Waals surface area contributed by atoms with Gasteiger partial charge in [-0.15, -0.1) is 0 Å². The average molecular weight is 296 g/mol. The van der Waals surface area contributed by atoms with Crippen LogP contribution in [0.4, 0.5) is 13.2 Å². The van der Waals surface area contributed by atoms with Gasteiger partial charge in [-0.25, -0.2) is 0 Å². The van der Waals surface area contributed by atoms with Crippen LogP contribution < -0.4 is 0 Å². The molecule has 0 amide bonds. The van der Waals surface area contributed by atoms with Crippen LogP contribution in [0, 0.1) is 0 Å². The van der Waals surface area contributed by atoms with Crippen LogP contribution >= 0.6 is 11.6 Å². The van der Waals surface area contributed by atoms with Crippen molar-refractivity contribution in [2.24, 2.45) is 0 Å². The molecular formula is C15H9ClF3N. The van der Waals surface area contributed by atoms with Gasteiger partial charge in [0.15, 0.2) is 0 Å². The van der Waals surface area contributed by atoms with Crippen LogP contribution in [0.1, 0.15) is 5.69 Å². The SMILES string of the molecule is FC(F)(F)c1[nH]c2ccccc2c1-c1cccc(Cl)c1. The van der Waals surface area contributed by atoms with Crippen molar-refractivity contribution in [1.29, 1.82) is 0 Å². The Balaban J connectivity index is 2.37. The van der Waals surface area contributed by atoms with Crippen molar-refractivity contribution in [2.45, 2.75) is 6.18 Å². The second kappa shape index (κ2) is 4.56. The first-order valence-corrected chi connectivity index (χ1v) is 6.28. The van der Waals surface area contributed by atoms with Crippen LogP contribution in [0.25, 0.3) is 22.0 Å². The fraction of sp³-hybridized carbons (Fsp3) is 0.0667. The lowest BCUT2D eigenvalue weighted by Gasteiger charge is -2.09. The van der Waals surface area contributed by atoms with Crippen LogP contribution in [0.15, 0.2) is 48.5 Å². The van der Waals surface area contributed by atoms with E-state index in [-0.39, 0.29) is 5.56 Å². The third-order valence-electron chi connectivity index (χ3n) is 3.10. The highest BCUT2D eigenvalue weighted by molar-refractivity contribution is 6.30. The minimum Gasteiger partial charge on any atom is -0.350 e. The van der Waals surface area contributed by atoms with E-state index in [0.717, 1.165) is 0 Å².